The van der Waals surface area contributed by atoms with Crippen molar-refractivity contribution < 1.29 is 9.79 Å². The van der Waals surface area contributed by atoms with Crippen LogP contribution < -0.4 is 0 Å². The quantitative estimate of drug-likeness (QED) is 0.558. The molecule has 0 saturated heterocycles. The van der Waals surface area contributed by atoms with Crippen LogP contribution in [-0.2, 0) is 5.16 Å². The first kappa shape index (κ1) is 14.9. The molecule has 0 spiro atoms. The molecule has 2 nitrogen and oxygen atoms in total. The normalized spacial score (nSPS) is 11.6. The number of benzene rings is 3. The second-order valence-electron chi connectivity index (χ2n) is 5.10. The Hall–Kier alpha value is -1.99. The van der Waals surface area contributed by atoms with Crippen LogP contribution in [0.2, 0.25) is 0 Å². The van der Waals surface area contributed by atoms with Crippen LogP contribution in [0, 0.1) is 0 Å². The highest BCUT2D eigenvalue weighted by Crippen LogP contribution is 2.58. The van der Waals surface area contributed by atoms with Crippen LogP contribution in [0.25, 0.3) is 0 Å². The van der Waals surface area contributed by atoms with Crippen molar-refractivity contribution in [3.05, 3.63) is 108 Å². The number of rotatable bonds is 4. The molecule has 3 heteroatoms. The Morgan fingerprint density at radius 2 is 0.773 bits per heavy atom. The summed E-state index contributed by atoms with van der Waals surface area (Å²) in [4.78, 5) is 20.9. The van der Waals surface area contributed by atoms with Gasteiger partial charge in [0.05, 0.1) is 0 Å². The summed E-state index contributed by atoms with van der Waals surface area (Å²) in [6.45, 7) is 0. The van der Waals surface area contributed by atoms with E-state index >= 15 is 0 Å². The van der Waals surface area contributed by atoms with Gasteiger partial charge in [0.15, 0.2) is 8.38 Å². The highest BCUT2D eigenvalue weighted by molar-refractivity contribution is 7.47. The molecule has 0 aromatic heterocycles. The molecule has 22 heavy (non-hydrogen) atoms. The molecular formula is C19H17O2P. The molecule has 0 atom stereocenters. The van der Waals surface area contributed by atoms with Gasteiger partial charge < -0.3 is 9.79 Å². The van der Waals surface area contributed by atoms with Crippen LogP contribution in [0.15, 0.2) is 91.0 Å². The van der Waals surface area contributed by atoms with E-state index in [0.29, 0.717) is 0 Å². The molecule has 0 bridgehead atoms. The van der Waals surface area contributed by atoms with Crippen molar-refractivity contribution in [1.29, 1.82) is 0 Å². The molecule has 3 rings (SSSR count). The van der Waals surface area contributed by atoms with Gasteiger partial charge in [-0.25, -0.2) is 0 Å². The first-order chi connectivity index (χ1) is 10.8. The van der Waals surface area contributed by atoms with Gasteiger partial charge in [-0.05, 0) is 16.7 Å². The molecule has 3 aromatic rings. The number of hydrogen-bond acceptors (Lipinski definition) is 2. The summed E-state index contributed by atoms with van der Waals surface area (Å²) in [5.74, 6) is 0. The zero-order valence-electron chi connectivity index (χ0n) is 12.0. The summed E-state index contributed by atoms with van der Waals surface area (Å²) in [7, 11) is -2.28. The van der Waals surface area contributed by atoms with Gasteiger partial charge >= 0.3 is 0 Å². The van der Waals surface area contributed by atoms with Gasteiger partial charge in [-0.15, -0.1) is 0 Å². The Bertz CT molecular complexity index is 616. The third-order valence-corrected chi connectivity index (χ3v) is 5.25. The van der Waals surface area contributed by atoms with Gasteiger partial charge in [0.1, 0.15) is 5.16 Å². The number of hydrogen-bond donors (Lipinski definition) is 2. The van der Waals surface area contributed by atoms with Gasteiger partial charge in [-0.3, -0.25) is 0 Å². The van der Waals surface area contributed by atoms with E-state index < -0.39 is 13.5 Å². The highest BCUT2D eigenvalue weighted by Gasteiger charge is 2.43. The third-order valence-electron chi connectivity index (χ3n) is 3.87. The zero-order chi connectivity index (χ0) is 15.4. The van der Waals surface area contributed by atoms with E-state index in [4.69, 9.17) is 0 Å². The van der Waals surface area contributed by atoms with E-state index in [9.17, 15) is 9.79 Å². The second-order valence-corrected chi connectivity index (χ2v) is 6.35. The standard InChI is InChI=1S/C19H17O2P/c20-22(21)19(16-10-4-1-5-11-16,17-12-6-2-7-13-17)18-14-8-3-9-15-18/h1-15,20-21H. The van der Waals surface area contributed by atoms with Crippen molar-refractivity contribution in [3.8, 4) is 0 Å². The van der Waals surface area contributed by atoms with E-state index in [1.54, 1.807) is 0 Å². The largest absolute Gasteiger partial charge is 0.349 e. The summed E-state index contributed by atoms with van der Waals surface area (Å²) in [6.07, 6.45) is 0. The van der Waals surface area contributed by atoms with Crippen molar-refractivity contribution >= 4 is 8.38 Å². The lowest BCUT2D eigenvalue weighted by molar-refractivity contribution is 0.455. The highest BCUT2D eigenvalue weighted by atomic mass is 31.2. The molecule has 0 saturated carbocycles. The summed E-state index contributed by atoms with van der Waals surface area (Å²) < 4.78 is 0. The molecule has 0 amide bonds. The first-order valence-electron chi connectivity index (χ1n) is 7.11. The lowest BCUT2D eigenvalue weighted by atomic mass is 9.84. The molecular weight excluding hydrogens is 291 g/mol. The molecule has 3 aromatic carbocycles. The lowest BCUT2D eigenvalue weighted by Gasteiger charge is -2.36. The minimum absolute atomic E-state index is 0.878. The average molecular weight is 308 g/mol. The molecule has 0 aliphatic heterocycles. The molecule has 0 radical (unpaired) electrons. The lowest BCUT2D eigenvalue weighted by Crippen LogP contribution is -2.27. The van der Waals surface area contributed by atoms with Crippen molar-refractivity contribution in [2.24, 2.45) is 0 Å². The molecule has 0 aliphatic carbocycles. The topological polar surface area (TPSA) is 40.5 Å². The van der Waals surface area contributed by atoms with Crippen molar-refractivity contribution in [2.75, 3.05) is 0 Å². The second kappa shape index (κ2) is 6.41. The Morgan fingerprint density at radius 1 is 0.500 bits per heavy atom. The SMILES string of the molecule is OP(O)C(c1ccccc1)(c1ccccc1)c1ccccc1. The summed E-state index contributed by atoms with van der Waals surface area (Å²) in [6, 6.07) is 29.0. The first-order valence-corrected chi connectivity index (χ1v) is 8.35. The fourth-order valence-electron chi connectivity index (χ4n) is 2.88. The third kappa shape index (κ3) is 2.46. The fourth-order valence-corrected chi connectivity index (χ4v) is 4.02. The van der Waals surface area contributed by atoms with E-state index in [1.807, 2.05) is 91.0 Å². The zero-order valence-corrected chi connectivity index (χ0v) is 12.9. The van der Waals surface area contributed by atoms with E-state index in [-0.39, 0.29) is 0 Å². The molecule has 0 aliphatic rings. The van der Waals surface area contributed by atoms with Crippen molar-refractivity contribution in [1.82, 2.24) is 0 Å². The van der Waals surface area contributed by atoms with Crippen molar-refractivity contribution in [3.63, 3.8) is 0 Å². The van der Waals surface area contributed by atoms with Gasteiger partial charge in [-0.2, -0.15) is 0 Å². The smallest absolute Gasteiger partial charge is 0.185 e. The monoisotopic (exact) mass is 308 g/mol. The summed E-state index contributed by atoms with van der Waals surface area (Å²) in [5, 5.41) is -0.945. The molecule has 0 fully saturated rings. The Balaban J connectivity index is 2.34. The predicted octanol–water partition coefficient (Wildman–Crippen LogP) is 4.28. The van der Waals surface area contributed by atoms with Gasteiger partial charge in [-0.1, -0.05) is 91.0 Å². The molecule has 0 unspecified atom stereocenters. The average Bonchev–Trinajstić information content (AvgIpc) is 2.58. The van der Waals surface area contributed by atoms with Crippen LogP contribution in [0.3, 0.4) is 0 Å². The van der Waals surface area contributed by atoms with Crippen LogP contribution in [0.5, 0.6) is 0 Å². The Labute approximate surface area is 131 Å². The summed E-state index contributed by atoms with van der Waals surface area (Å²) in [5.41, 5.74) is 2.63. The Kier molecular flexibility index (Phi) is 4.35. The maximum Gasteiger partial charge on any atom is 0.185 e. The minimum Gasteiger partial charge on any atom is -0.349 e. The Morgan fingerprint density at radius 3 is 1.00 bits per heavy atom. The van der Waals surface area contributed by atoms with Gasteiger partial charge in [0.25, 0.3) is 0 Å². The van der Waals surface area contributed by atoms with Crippen LogP contribution in [0.1, 0.15) is 16.7 Å². The molecule has 0 heterocycles. The van der Waals surface area contributed by atoms with Gasteiger partial charge in [0, 0.05) is 0 Å². The van der Waals surface area contributed by atoms with Crippen LogP contribution in [0.4, 0.5) is 0 Å². The van der Waals surface area contributed by atoms with Crippen LogP contribution in [-0.4, -0.2) is 9.79 Å². The van der Waals surface area contributed by atoms with E-state index in [2.05, 4.69) is 0 Å². The molecule has 2 N–H and O–H groups in total. The van der Waals surface area contributed by atoms with E-state index in [0.717, 1.165) is 16.7 Å². The predicted molar refractivity (Wildman–Crippen MR) is 90.6 cm³/mol. The molecule has 110 valence electrons. The van der Waals surface area contributed by atoms with Crippen LogP contribution >= 0.6 is 8.38 Å². The van der Waals surface area contributed by atoms with E-state index in [1.165, 1.54) is 0 Å². The summed E-state index contributed by atoms with van der Waals surface area (Å²) >= 11 is 0. The maximum atomic E-state index is 10.4. The maximum absolute atomic E-state index is 10.4. The fraction of sp³-hybridized carbons (Fsp3) is 0.0526. The minimum atomic E-state index is -2.28. The van der Waals surface area contributed by atoms with Gasteiger partial charge in [0.2, 0.25) is 0 Å². The van der Waals surface area contributed by atoms with Crippen molar-refractivity contribution in [2.45, 2.75) is 5.16 Å².